The molecular formula is C21H23F3N4O2S. The van der Waals surface area contributed by atoms with Gasteiger partial charge >= 0.3 is 6.18 Å². The van der Waals surface area contributed by atoms with Crippen molar-refractivity contribution in [3.8, 4) is 5.75 Å². The van der Waals surface area contributed by atoms with Crippen molar-refractivity contribution in [2.45, 2.75) is 19.2 Å². The summed E-state index contributed by atoms with van der Waals surface area (Å²) in [6, 6.07) is 8.18. The normalized spacial score (nSPS) is 16.6. The van der Waals surface area contributed by atoms with Crippen LogP contribution in [0.3, 0.4) is 0 Å². The second-order valence-corrected chi connectivity index (χ2v) is 8.75. The van der Waals surface area contributed by atoms with Gasteiger partial charge in [-0.25, -0.2) is 9.97 Å². The number of nitrogens with zero attached hydrogens (tertiary/aromatic N) is 4. The summed E-state index contributed by atoms with van der Waals surface area (Å²) in [5.41, 5.74) is 0.143. The van der Waals surface area contributed by atoms with Crippen LogP contribution in [-0.4, -0.2) is 65.4 Å². The van der Waals surface area contributed by atoms with Crippen LogP contribution in [-0.2, 0) is 6.18 Å². The van der Waals surface area contributed by atoms with Crippen molar-refractivity contribution >= 4 is 27.4 Å². The maximum Gasteiger partial charge on any atom is 0.417 e. The van der Waals surface area contributed by atoms with Gasteiger partial charge in [-0.2, -0.15) is 13.2 Å². The molecule has 0 unspecified atom stereocenters. The molecule has 1 aliphatic heterocycles. The largest absolute Gasteiger partial charge is 0.491 e. The molecule has 1 atom stereocenters. The summed E-state index contributed by atoms with van der Waals surface area (Å²) < 4.78 is 44.9. The number of anilines is 1. The van der Waals surface area contributed by atoms with Crippen LogP contribution in [0.1, 0.15) is 10.6 Å². The van der Waals surface area contributed by atoms with E-state index >= 15 is 0 Å². The molecule has 1 saturated heterocycles. The summed E-state index contributed by atoms with van der Waals surface area (Å²) in [5.74, 6) is 1.21. The van der Waals surface area contributed by atoms with Gasteiger partial charge in [-0.3, -0.25) is 4.90 Å². The molecule has 0 aliphatic carbocycles. The van der Waals surface area contributed by atoms with E-state index in [1.807, 2.05) is 30.0 Å². The first-order valence-electron chi connectivity index (χ1n) is 9.96. The van der Waals surface area contributed by atoms with Crippen LogP contribution in [0.4, 0.5) is 19.0 Å². The Kier molecular flexibility index (Phi) is 6.31. The SMILES string of the molecule is Cc1nc2cc(OC[C@H](O)CN3CCN(c4ccc(C(F)(F)F)cn4)CC3)ccc2s1. The Bertz CT molecular complexity index is 1020. The van der Waals surface area contributed by atoms with Gasteiger partial charge in [-0.1, -0.05) is 0 Å². The van der Waals surface area contributed by atoms with Crippen molar-refractivity contribution < 1.29 is 23.0 Å². The minimum atomic E-state index is -4.38. The topological polar surface area (TPSA) is 61.7 Å². The standard InChI is InChI=1S/C21H23F3N4O2S/c1-14-26-18-10-17(3-4-19(18)31-14)30-13-16(29)12-27-6-8-28(9-7-27)20-5-2-15(11-25-20)21(22,23)24/h2-5,10-11,16,29H,6-9,12-13H2,1H3/t16-/m1/s1. The molecule has 0 amide bonds. The van der Waals surface area contributed by atoms with E-state index in [0.29, 0.717) is 44.3 Å². The lowest BCUT2D eigenvalue weighted by atomic mass is 10.2. The van der Waals surface area contributed by atoms with Crippen molar-refractivity contribution in [1.82, 2.24) is 14.9 Å². The third kappa shape index (κ3) is 5.44. The fourth-order valence-corrected chi connectivity index (χ4v) is 4.36. The summed E-state index contributed by atoms with van der Waals surface area (Å²) in [6.45, 7) is 5.23. The van der Waals surface area contributed by atoms with Crippen molar-refractivity contribution in [2.24, 2.45) is 0 Å². The summed E-state index contributed by atoms with van der Waals surface area (Å²) in [7, 11) is 0. The molecule has 1 aliphatic rings. The zero-order chi connectivity index (χ0) is 22.0. The fourth-order valence-electron chi connectivity index (χ4n) is 3.56. The quantitative estimate of drug-likeness (QED) is 0.617. The van der Waals surface area contributed by atoms with Crippen LogP contribution in [0.25, 0.3) is 10.2 Å². The predicted molar refractivity (Wildman–Crippen MR) is 114 cm³/mol. The molecule has 1 aromatic carbocycles. The number of pyridine rings is 1. The Hall–Kier alpha value is -2.43. The monoisotopic (exact) mass is 452 g/mol. The van der Waals surface area contributed by atoms with Gasteiger partial charge in [-0.15, -0.1) is 11.3 Å². The van der Waals surface area contributed by atoms with Gasteiger partial charge in [0.05, 0.1) is 20.8 Å². The number of aromatic nitrogens is 2. The third-order valence-corrected chi connectivity index (χ3v) is 6.10. The average molecular weight is 453 g/mol. The molecule has 3 heterocycles. The Morgan fingerprint density at radius 2 is 1.94 bits per heavy atom. The molecule has 1 fully saturated rings. The predicted octanol–water partition coefficient (Wildman–Crippen LogP) is 3.58. The number of aliphatic hydroxyl groups is 1. The number of β-amino-alcohol motifs (C(OH)–C–C–N with tert-alkyl or cyclic N) is 1. The number of benzene rings is 1. The van der Waals surface area contributed by atoms with Gasteiger partial charge in [0.2, 0.25) is 0 Å². The van der Waals surface area contributed by atoms with Crippen molar-refractivity contribution in [3.05, 3.63) is 47.1 Å². The van der Waals surface area contributed by atoms with Crippen LogP contribution in [0.2, 0.25) is 0 Å². The molecule has 6 nitrogen and oxygen atoms in total. The zero-order valence-electron chi connectivity index (χ0n) is 17.0. The lowest BCUT2D eigenvalue weighted by molar-refractivity contribution is -0.137. The molecule has 2 aromatic heterocycles. The summed E-state index contributed by atoms with van der Waals surface area (Å²) >= 11 is 1.63. The van der Waals surface area contributed by atoms with E-state index in [-0.39, 0.29) is 6.61 Å². The molecule has 10 heteroatoms. The number of rotatable bonds is 6. The molecule has 0 spiro atoms. The van der Waals surface area contributed by atoms with Gasteiger partial charge < -0.3 is 14.7 Å². The smallest absolute Gasteiger partial charge is 0.417 e. The number of aryl methyl sites for hydroxylation is 1. The van der Waals surface area contributed by atoms with E-state index in [9.17, 15) is 18.3 Å². The van der Waals surface area contributed by atoms with Crippen LogP contribution in [0.5, 0.6) is 5.75 Å². The second-order valence-electron chi connectivity index (χ2n) is 7.52. The molecule has 31 heavy (non-hydrogen) atoms. The number of thiazole rings is 1. The highest BCUT2D eigenvalue weighted by Gasteiger charge is 2.31. The minimum Gasteiger partial charge on any atom is -0.491 e. The number of hydrogen-bond donors (Lipinski definition) is 1. The van der Waals surface area contributed by atoms with Crippen LogP contribution in [0.15, 0.2) is 36.5 Å². The highest BCUT2D eigenvalue weighted by Crippen LogP contribution is 2.29. The summed E-state index contributed by atoms with van der Waals surface area (Å²) in [6.07, 6.45) is -4.16. The Morgan fingerprint density at radius 3 is 2.61 bits per heavy atom. The number of ether oxygens (including phenoxy) is 1. The number of halogens is 3. The number of alkyl halides is 3. The fraction of sp³-hybridized carbons (Fsp3) is 0.429. The maximum atomic E-state index is 12.7. The Morgan fingerprint density at radius 1 is 1.16 bits per heavy atom. The Labute approximate surface area is 181 Å². The average Bonchev–Trinajstić information content (AvgIpc) is 3.11. The minimum absolute atomic E-state index is 0.176. The van der Waals surface area contributed by atoms with Crippen LogP contribution in [0, 0.1) is 6.92 Å². The lowest BCUT2D eigenvalue weighted by Gasteiger charge is -2.36. The molecule has 1 N–H and O–H groups in total. The summed E-state index contributed by atoms with van der Waals surface area (Å²) in [5, 5.41) is 11.4. The van der Waals surface area contributed by atoms with Crippen molar-refractivity contribution in [1.29, 1.82) is 0 Å². The second kappa shape index (κ2) is 8.97. The van der Waals surface area contributed by atoms with Gasteiger partial charge in [0.25, 0.3) is 0 Å². The first-order chi connectivity index (χ1) is 14.8. The highest BCUT2D eigenvalue weighted by atomic mass is 32.1. The van der Waals surface area contributed by atoms with Gasteiger partial charge in [0, 0.05) is 45.0 Å². The van der Waals surface area contributed by atoms with Gasteiger partial charge in [0.15, 0.2) is 0 Å². The summed E-state index contributed by atoms with van der Waals surface area (Å²) in [4.78, 5) is 12.5. The third-order valence-electron chi connectivity index (χ3n) is 5.15. The molecule has 0 saturated carbocycles. The van der Waals surface area contributed by atoms with Crippen molar-refractivity contribution in [2.75, 3.05) is 44.2 Å². The molecule has 166 valence electrons. The van der Waals surface area contributed by atoms with Gasteiger partial charge in [0.1, 0.15) is 24.3 Å². The molecule has 3 aromatic rings. The molecule has 4 rings (SSSR count). The number of fused-ring (bicyclic) bond motifs is 1. The van der Waals surface area contributed by atoms with Crippen molar-refractivity contribution in [3.63, 3.8) is 0 Å². The van der Waals surface area contributed by atoms with E-state index < -0.39 is 17.8 Å². The van der Waals surface area contributed by atoms with Crippen LogP contribution >= 0.6 is 11.3 Å². The number of hydrogen-bond acceptors (Lipinski definition) is 7. The maximum absolute atomic E-state index is 12.7. The Balaban J connectivity index is 1.23. The first kappa shape index (κ1) is 21.8. The zero-order valence-corrected chi connectivity index (χ0v) is 17.8. The highest BCUT2D eigenvalue weighted by molar-refractivity contribution is 7.18. The molecule has 0 radical (unpaired) electrons. The van der Waals surface area contributed by atoms with E-state index in [2.05, 4.69) is 14.9 Å². The number of piperazine rings is 1. The van der Waals surface area contributed by atoms with E-state index in [1.165, 1.54) is 6.07 Å². The molecular weight excluding hydrogens is 429 g/mol. The number of aliphatic hydroxyl groups excluding tert-OH is 1. The van der Waals surface area contributed by atoms with E-state index in [4.69, 9.17) is 4.74 Å². The van der Waals surface area contributed by atoms with E-state index in [0.717, 1.165) is 27.5 Å². The van der Waals surface area contributed by atoms with Gasteiger partial charge in [-0.05, 0) is 31.2 Å². The molecule has 0 bridgehead atoms. The van der Waals surface area contributed by atoms with E-state index in [1.54, 1.807) is 11.3 Å². The first-order valence-corrected chi connectivity index (χ1v) is 10.8. The lowest BCUT2D eigenvalue weighted by Crippen LogP contribution is -2.49. The van der Waals surface area contributed by atoms with Crippen LogP contribution < -0.4 is 9.64 Å².